The molecule has 0 radical (unpaired) electrons. The molecule has 0 fully saturated rings. The third kappa shape index (κ3) is 3.12. The lowest BCUT2D eigenvalue weighted by atomic mass is 10.2. The Bertz CT molecular complexity index is 572. The van der Waals surface area contributed by atoms with Gasteiger partial charge in [-0.05, 0) is 29.8 Å². The molecule has 0 aliphatic heterocycles. The second kappa shape index (κ2) is 6.44. The van der Waals surface area contributed by atoms with Gasteiger partial charge in [-0.3, -0.25) is 0 Å². The van der Waals surface area contributed by atoms with Crippen LogP contribution in [0.25, 0.3) is 0 Å². The van der Waals surface area contributed by atoms with Gasteiger partial charge >= 0.3 is 0 Å². The fraction of sp³-hybridized carbons (Fsp3) is 0.200. The number of hydrogen-bond acceptors (Lipinski definition) is 2. The van der Waals surface area contributed by atoms with Crippen LogP contribution in [-0.4, -0.2) is 14.2 Å². The quantitative estimate of drug-likeness (QED) is 0.678. The predicted molar refractivity (Wildman–Crippen MR) is 87.8 cm³/mol. The van der Waals surface area contributed by atoms with Gasteiger partial charge in [0, 0.05) is 22.5 Å². The summed E-state index contributed by atoms with van der Waals surface area (Å²) in [6.07, 6.45) is 0. The molecule has 2 rings (SSSR count). The summed E-state index contributed by atoms with van der Waals surface area (Å²) in [7, 11) is 3.73. The summed E-state index contributed by atoms with van der Waals surface area (Å²) in [5, 5.41) is 0.840. The number of anilines is 2. The van der Waals surface area contributed by atoms with E-state index in [0.29, 0.717) is 0 Å². The van der Waals surface area contributed by atoms with Gasteiger partial charge in [0.15, 0.2) is 0 Å². The maximum Gasteiger partial charge on any atom is 0.142 e. The Morgan fingerprint density at radius 1 is 1.16 bits per heavy atom. The van der Waals surface area contributed by atoms with Crippen molar-refractivity contribution in [3.63, 3.8) is 0 Å². The van der Waals surface area contributed by atoms with Crippen LogP contribution in [0, 0.1) is 0 Å². The van der Waals surface area contributed by atoms with Crippen LogP contribution in [-0.2, 0) is 5.33 Å². The number of alkyl halides is 1. The molecule has 19 heavy (non-hydrogen) atoms. The fourth-order valence-electron chi connectivity index (χ4n) is 1.90. The van der Waals surface area contributed by atoms with Gasteiger partial charge in [0.1, 0.15) is 5.75 Å². The first-order valence-electron chi connectivity index (χ1n) is 5.88. The molecule has 2 aromatic carbocycles. The Morgan fingerprint density at radius 3 is 2.53 bits per heavy atom. The van der Waals surface area contributed by atoms with E-state index in [4.69, 9.17) is 4.74 Å². The smallest absolute Gasteiger partial charge is 0.142 e. The van der Waals surface area contributed by atoms with Crippen LogP contribution in [0.2, 0.25) is 0 Å². The SMILES string of the molecule is COc1ccccc1N(C)c1ccc(CBr)c(Br)c1. The average molecular weight is 385 g/mol. The highest BCUT2D eigenvalue weighted by molar-refractivity contribution is 9.10. The highest BCUT2D eigenvalue weighted by Crippen LogP contribution is 2.34. The molecule has 0 amide bonds. The third-order valence-electron chi connectivity index (χ3n) is 3.01. The summed E-state index contributed by atoms with van der Waals surface area (Å²) in [4.78, 5) is 2.11. The Morgan fingerprint density at radius 2 is 1.89 bits per heavy atom. The Kier molecular flexibility index (Phi) is 4.88. The van der Waals surface area contributed by atoms with E-state index in [1.165, 1.54) is 5.56 Å². The molecule has 2 nitrogen and oxygen atoms in total. The van der Waals surface area contributed by atoms with Crippen LogP contribution in [0.5, 0.6) is 5.75 Å². The van der Waals surface area contributed by atoms with Gasteiger partial charge in [0.25, 0.3) is 0 Å². The number of methoxy groups -OCH3 is 1. The standard InChI is InChI=1S/C15H15Br2NO/c1-18(14-5-3-4-6-15(14)19-2)12-8-7-11(10-16)13(17)9-12/h3-9H,10H2,1-2H3. The minimum atomic E-state index is 0.840. The molecule has 0 aromatic heterocycles. The zero-order valence-electron chi connectivity index (χ0n) is 10.9. The highest BCUT2D eigenvalue weighted by atomic mass is 79.9. The van der Waals surface area contributed by atoms with Crippen LogP contribution in [0.3, 0.4) is 0 Å². The van der Waals surface area contributed by atoms with Crippen molar-refractivity contribution in [3.05, 3.63) is 52.5 Å². The molecular formula is C15H15Br2NO. The molecule has 0 N–H and O–H groups in total. The Labute approximate surface area is 130 Å². The lowest BCUT2D eigenvalue weighted by molar-refractivity contribution is 0.415. The summed E-state index contributed by atoms with van der Waals surface area (Å²) in [6, 6.07) is 14.3. The molecule has 0 spiro atoms. The molecule has 2 aromatic rings. The molecule has 0 aliphatic rings. The summed E-state index contributed by atoms with van der Waals surface area (Å²) in [5.41, 5.74) is 3.39. The van der Waals surface area contributed by atoms with Crippen molar-refractivity contribution in [1.82, 2.24) is 0 Å². The van der Waals surface area contributed by atoms with E-state index in [2.05, 4.69) is 55.0 Å². The molecule has 0 unspecified atom stereocenters. The zero-order chi connectivity index (χ0) is 13.8. The second-order valence-electron chi connectivity index (χ2n) is 4.14. The summed E-state index contributed by atoms with van der Waals surface area (Å²) < 4.78 is 6.50. The van der Waals surface area contributed by atoms with Crippen LogP contribution in [0.4, 0.5) is 11.4 Å². The van der Waals surface area contributed by atoms with Crippen molar-refractivity contribution in [2.45, 2.75) is 5.33 Å². The van der Waals surface area contributed by atoms with Gasteiger partial charge < -0.3 is 9.64 Å². The Balaban J connectivity index is 2.38. The molecule has 100 valence electrons. The molecule has 0 heterocycles. The number of rotatable bonds is 4. The van der Waals surface area contributed by atoms with Crippen molar-refractivity contribution >= 4 is 43.2 Å². The minimum Gasteiger partial charge on any atom is -0.495 e. The van der Waals surface area contributed by atoms with E-state index in [-0.39, 0.29) is 0 Å². The van der Waals surface area contributed by atoms with Gasteiger partial charge in [-0.1, -0.05) is 50.1 Å². The number of benzene rings is 2. The van der Waals surface area contributed by atoms with E-state index in [1.54, 1.807) is 7.11 Å². The normalized spacial score (nSPS) is 10.3. The van der Waals surface area contributed by atoms with E-state index in [1.807, 2.05) is 31.3 Å². The van der Waals surface area contributed by atoms with Gasteiger partial charge in [-0.2, -0.15) is 0 Å². The van der Waals surface area contributed by atoms with Crippen LogP contribution < -0.4 is 9.64 Å². The van der Waals surface area contributed by atoms with Crippen molar-refractivity contribution in [3.8, 4) is 5.75 Å². The van der Waals surface area contributed by atoms with Gasteiger partial charge in [0.2, 0.25) is 0 Å². The summed E-state index contributed by atoms with van der Waals surface area (Å²) >= 11 is 7.07. The molecule has 0 aliphatic carbocycles. The molecule has 0 atom stereocenters. The van der Waals surface area contributed by atoms with E-state index >= 15 is 0 Å². The summed E-state index contributed by atoms with van der Waals surface area (Å²) in [6.45, 7) is 0. The van der Waals surface area contributed by atoms with Crippen LogP contribution >= 0.6 is 31.9 Å². The van der Waals surface area contributed by atoms with Crippen molar-refractivity contribution in [1.29, 1.82) is 0 Å². The van der Waals surface area contributed by atoms with E-state index in [9.17, 15) is 0 Å². The molecule has 0 saturated carbocycles. The van der Waals surface area contributed by atoms with Crippen LogP contribution in [0.15, 0.2) is 46.9 Å². The van der Waals surface area contributed by atoms with Crippen LogP contribution in [0.1, 0.15) is 5.56 Å². The molecule has 0 bridgehead atoms. The first-order chi connectivity index (χ1) is 9.17. The van der Waals surface area contributed by atoms with Crippen molar-refractivity contribution in [2.24, 2.45) is 0 Å². The lowest BCUT2D eigenvalue weighted by Gasteiger charge is -2.22. The van der Waals surface area contributed by atoms with Crippen molar-refractivity contribution in [2.75, 3.05) is 19.1 Å². The molecule has 4 heteroatoms. The second-order valence-corrected chi connectivity index (χ2v) is 5.56. The first kappa shape index (κ1) is 14.4. The molecular weight excluding hydrogens is 370 g/mol. The number of halogens is 2. The first-order valence-corrected chi connectivity index (χ1v) is 7.80. The monoisotopic (exact) mass is 383 g/mol. The Hall–Kier alpha value is -1.000. The average Bonchev–Trinajstić information content (AvgIpc) is 2.46. The lowest BCUT2D eigenvalue weighted by Crippen LogP contribution is -2.10. The summed E-state index contributed by atoms with van der Waals surface area (Å²) in [5.74, 6) is 0.866. The van der Waals surface area contributed by atoms with E-state index in [0.717, 1.165) is 26.9 Å². The fourth-order valence-corrected chi connectivity index (χ4v) is 3.27. The number of para-hydroxylation sites is 2. The number of hydrogen-bond donors (Lipinski definition) is 0. The van der Waals surface area contributed by atoms with Crippen molar-refractivity contribution < 1.29 is 4.74 Å². The van der Waals surface area contributed by atoms with Gasteiger partial charge in [0.05, 0.1) is 12.8 Å². The van der Waals surface area contributed by atoms with Gasteiger partial charge in [-0.25, -0.2) is 0 Å². The topological polar surface area (TPSA) is 12.5 Å². The van der Waals surface area contributed by atoms with Gasteiger partial charge in [-0.15, -0.1) is 0 Å². The zero-order valence-corrected chi connectivity index (χ0v) is 14.0. The van der Waals surface area contributed by atoms with E-state index < -0.39 is 0 Å². The number of nitrogens with zero attached hydrogens (tertiary/aromatic N) is 1. The maximum absolute atomic E-state index is 5.40. The maximum atomic E-state index is 5.40. The minimum absolute atomic E-state index is 0.840. The largest absolute Gasteiger partial charge is 0.495 e. The molecule has 0 saturated heterocycles. The number of ether oxygens (including phenoxy) is 1. The third-order valence-corrected chi connectivity index (χ3v) is 4.36. The highest BCUT2D eigenvalue weighted by Gasteiger charge is 2.10. The predicted octanol–water partition coefficient (Wildman–Crippen LogP) is 5.12.